The van der Waals surface area contributed by atoms with Crippen LogP contribution < -0.4 is 5.73 Å². The summed E-state index contributed by atoms with van der Waals surface area (Å²) < 4.78 is 0. The molecule has 1 heterocycles. The third-order valence-electron chi connectivity index (χ3n) is 3.78. The Morgan fingerprint density at radius 2 is 2.00 bits per heavy atom. The zero-order valence-electron chi connectivity index (χ0n) is 8.82. The van der Waals surface area contributed by atoms with E-state index in [1.165, 1.54) is 24.0 Å². The third-order valence-corrected chi connectivity index (χ3v) is 3.78. The fourth-order valence-corrected chi connectivity index (χ4v) is 3.01. The predicted molar refractivity (Wildman–Crippen MR) is 62.1 cm³/mol. The van der Waals surface area contributed by atoms with Gasteiger partial charge in [-0.15, -0.1) is 0 Å². The molecule has 0 radical (unpaired) electrons. The molecule has 0 amide bonds. The van der Waals surface area contributed by atoms with Crippen LogP contribution in [-0.2, 0) is 6.42 Å². The highest BCUT2D eigenvalue weighted by Crippen LogP contribution is 2.40. The van der Waals surface area contributed by atoms with Crippen LogP contribution in [-0.4, -0.2) is 12.4 Å². The fourth-order valence-electron chi connectivity index (χ4n) is 3.01. The van der Waals surface area contributed by atoms with Gasteiger partial charge < -0.3 is 5.73 Å². The lowest BCUT2D eigenvalue weighted by Gasteiger charge is -2.19. The lowest BCUT2D eigenvalue weighted by Crippen LogP contribution is -2.24. The molecule has 2 heteroatoms. The van der Waals surface area contributed by atoms with Crippen molar-refractivity contribution in [1.29, 1.82) is 0 Å². The maximum atomic E-state index is 5.97. The number of fused-ring (bicyclic) bond motifs is 1. The summed E-state index contributed by atoms with van der Waals surface area (Å²) in [6.45, 7) is 0.926. The number of hydrogen-bond donors (Lipinski definition) is 1. The van der Waals surface area contributed by atoms with Crippen molar-refractivity contribution in [2.45, 2.75) is 25.2 Å². The molecule has 0 saturated heterocycles. The molecule has 1 aromatic rings. The molecular weight excluding hydrogens is 184 g/mol. The van der Waals surface area contributed by atoms with Gasteiger partial charge in [0.15, 0.2) is 0 Å². The molecule has 0 aromatic heterocycles. The Balaban J connectivity index is 1.94. The fraction of sp³-hybridized carbons (Fsp3) is 0.462. The van der Waals surface area contributed by atoms with Crippen LogP contribution in [0, 0.1) is 5.92 Å². The van der Waals surface area contributed by atoms with Crippen LogP contribution in [0.3, 0.4) is 0 Å². The van der Waals surface area contributed by atoms with Crippen LogP contribution in [0.5, 0.6) is 0 Å². The van der Waals surface area contributed by atoms with Gasteiger partial charge in [-0.3, -0.25) is 4.99 Å². The van der Waals surface area contributed by atoms with Crippen molar-refractivity contribution in [2.75, 3.05) is 6.54 Å². The van der Waals surface area contributed by atoms with Crippen molar-refractivity contribution < 1.29 is 0 Å². The molecule has 0 saturated carbocycles. The SMILES string of the molecule is NC1=NCCC1C1CCc2ccccc21. The lowest BCUT2D eigenvalue weighted by molar-refractivity contribution is 0.525. The van der Waals surface area contributed by atoms with Crippen molar-refractivity contribution in [3.63, 3.8) is 0 Å². The Hall–Kier alpha value is -1.31. The lowest BCUT2D eigenvalue weighted by atomic mass is 9.85. The maximum absolute atomic E-state index is 5.97. The van der Waals surface area contributed by atoms with Gasteiger partial charge in [0, 0.05) is 12.5 Å². The highest BCUT2D eigenvalue weighted by Gasteiger charge is 2.33. The van der Waals surface area contributed by atoms with Gasteiger partial charge in [0.2, 0.25) is 0 Å². The second kappa shape index (κ2) is 3.37. The molecule has 0 spiro atoms. The van der Waals surface area contributed by atoms with E-state index >= 15 is 0 Å². The first kappa shape index (κ1) is 8.96. The molecular formula is C13H16N2. The minimum Gasteiger partial charge on any atom is -0.387 e. The summed E-state index contributed by atoms with van der Waals surface area (Å²) in [6.07, 6.45) is 3.61. The number of hydrogen-bond acceptors (Lipinski definition) is 2. The van der Waals surface area contributed by atoms with E-state index in [-0.39, 0.29) is 0 Å². The van der Waals surface area contributed by atoms with Crippen molar-refractivity contribution in [3.05, 3.63) is 35.4 Å². The molecule has 78 valence electrons. The van der Waals surface area contributed by atoms with Crippen LogP contribution in [0.4, 0.5) is 0 Å². The van der Waals surface area contributed by atoms with E-state index < -0.39 is 0 Å². The Morgan fingerprint density at radius 3 is 2.80 bits per heavy atom. The second-order valence-corrected chi connectivity index (χ2v) is 4.55. The molecule has 0 bridgehead atoms. The summed E-state index contributed by atoms with van der Waals surface area (Å²) in [5, 5.41) is 0. The normalized spacial score (nSPS) is 28.9. The van der Waals surface area contributed by atoms with E-state index in [9.17, 15) is 0 Å². The first-order valence-electron chi connectivity index (χ1n) is 5.74. The Bertz CT molecular complexity index is 409. The number of amidine groups is 1. The molecule has 3 rings (SSSR count). The van der Waals surface area contributed by atoms with Gasteiger partial charge in [-0.25, -0.2) is 0 Å². The Kier molecular flexibility index (Phi) is 2.01. The van der Waals surface area contributed by atoms with E-state index in [0.29, 0.717) is 11.8 Å². The average molecular weight is 200 g/mol. The van der Waals surface area contributed by atoms with E-state index in [4.69, 9.17) is 5.73 Å². The van der Waals surface area contributed by atoms with Crippen LogP contribution in [0.1, 0.15) is 29.9 Å². The highest BCUT2D eigenvalue weighted by atomic mass is 14.9. The summed E-state index contributed by atoms with van der Waals surface area (Å²) in [7, 11) is 0. The first-order chi connectivity index (χ1) is 7.36. The molecule has 2 atom stereocenters. The van der Waals surface area contributed by atoms with Crippen molar-refractivity contribution >= 4 is 5.84 Å². The van der Waals surface area contributed by atoms with Gasteiger partial charge in [0.25, 0.3) is 0 Å². The largest absolute Gasteiger partial charge is 0.387 e. The van der Waals surface area contributed by atoms with Crippen LogP contribution in [0.15, 0.2) is 29.3 Å². The molecule has 2 aliphatic rings. The maximum Gasteiger partial charge on any atom is 0.0975 e. The van der Waals surface area contributed by atoms with Gasteiger partial charge in [0.05, 0.1) is 5.84 Å². The number of benzene rings is 1. The number of rotatable bonds is 1. The minimum absolute atomic E-state index is 0.508. The van der Waals surface area contributed by atoms with Crippen molar-refractivity contribution in [2.24, 2.45) is 16.6 Å². The molecule has 1 aliphatic carbocycles. The van der Waals surface area contributed by atoms with E-state index in [1.807, 2.05) is 0 Å². The Morgan fingerprint density at radius 1 is 1.13 bits per heavy atom. The van der Waals surface area contributed by atoms with Gasteiger partial charge in [-0.2, -0.15) is 0 Å². The first-order valence-corrected chi connectivity index (χ1v) is 5.74. The zero-order chi connectivity index (χ0) is 10.3. The summed E-state index contributed by atoms with van der Waals surface area (Å²) in [5.74, 6) is 2.03. The van der Waals surface area contributed by atoms with Gasteiger partial charge in [0.1, 0.15) is 0 Å². The molecule has 2 unspecified atom stereocenters. The molecule has 1 aliphatic heterocycles. The van der Waals surface area contributed by atoms with Crippen LogP contribution in [0.25, 0.3) is 0 Å². The van der Waals surface area contributed by atoms with Crippen molar-refractivity contribution in [1.82, 2.24) is 0 Å². The number of nitrogens with zero attached hydrogens (tertiary/aromatic N) is 1. The number of aliphatic imine (C=N–C) groups is 1. The second-order valence-electron chi connectivity index (χ2n) is 4.55. The monoisotopic (exact) mass is 200 g/mol. The number of aryl methyl sites for hydroxylation is 1. The predicted octanol–water partition coefficient (Wildman–Crippen LogP) is 2.09. The van der Waals surface area contributed by atoms with Crippen molar-refractivity contribution in [3.8, 4) is 0 Å². The number of nitrogens with two attached hydrogens (primary N) is 1. The van der Waals surface area contributed by atoms with E-state index in [1.54, 1.807) is 0 Å². The van der Waals surface area contributed by atoms with E-state index in [0.717, 1.165) is 18.8 Å². The highest BCUT2D eigenvalue weighted by molar-refractivity contribution is 5.85. The summed E-state index contributed by atoms with van der Waals surface area (Å²) in [6, 6.07) is 8.78. The van der Waals surface area contributed by atoms with Gasteiger partial charge in [-0.05, 0) is 36.3 Å². The quantitative estimate of drug-likeness (QED) is 0.740. The minimum atomic E-state index is 0.508. The van der Waals surface area contributed by atoms with E-state index in [2.05, 4.69) is 29.3 Å². The molecule has 1 aromatic carbocycles. The molecule has 2 N–H and O–H groups in total. The average Bonchev–Trinajstić information content (AvgIpc) is 2.83. The smallest absolute Gasteiger partial charge is 0.0975 e. The zero-order valence-corrected chi connectivity index (χ0v) is 8.82. The summed E-state index contributed by atoms with van der Waals surface area (Å²) in [4.78, 5) is 4.33. The summed E-state index contributed by atoms with van der Waals surface area (Å²) in [5.41, 5.74) is 9.00. The van der Waals surface area contributed by atoms with Gasteiger partial charge >= 0.3 is 0 Å². The topological polar surface area (TPSA) is 38.4 Å². The molecule has 15 heavy (non-hydrogen) atoms. The Labute approximate surface area is 90.2 Å². The standard InChI is InChI=1S/C13H16N2/c14-13-12(7-8-15-13)11-6-5-9-3-1-2-4-10(9)11/h1-4,11-12H,5-8H2,(H2,14,15). The summed E-state index contributed by atoms with van der Waals surface area (Å²) >= 11 is 0. The molecule has 2 nitrogen and oxygen atoms in total. The molecule has 0 fully saturated rings. The van der Waals surface area contributed by atoms with Crippen LogP contribution >= 0.6 is 0 Å². The van der Waals surface area contributed by atoms with Crippen LogP contribution in [0.2, 0.25) is 0 Å². The van der Waals surface area contributed by atoms with Gasteiger partial charge in [-0.1, -0.05) is 24.3 Å². The third kappa shape index (κ3) is 1.36.